The molecule has 2 unspecified atom stereocenters. The van der Waals surface area contributed by atoms with Crippen molar-refractivity contribution in [2.45, 2.75) is 89.9 Å². The van der Waals surface area contributed by atoms with Crippen molar-refractivity contribution in [1.29, 1.82) is 0 Å². The van der Waals surface area contributed by atoms with E-state index < -0.39 is 0 Å². The van der Waals surface area contributed by atoms with Crippen molar-refractivity contribution >= 4 is 0 Å². The van der Waals surface area contributed by atoms with Crippen LogP contribution in [0.15, 0.2) is 0 Å². The summed E-state index contributed by atoms with van der Waals surface area (Å²) in [6.45, 7) is 14.0. The number of hydrogen-bond donors (Lipinski definition) is 1. The molecule has 2 aliphatic rings. The molecular weight excluding hydrogens is 260 g/mol. The molecule has 21 heavy (non-hydrogen) atoms. The standard InChI is InChI=1S/C18H36N2O/c1-6-15-8-7-10-18(12-19,11-9-15)20-13-16(2,3)21-17(4,5)14-20/h15H,6-14,19H2,1-5H3. The molecular formula is C18H36N2O. The van der Waals surface area contributed by atoms with Crippen LogP contribution in [0, 0.1) is 5.92 Å². The number of rotatable bonds is 3. The average molecular weight is 296 g/mol. The lowest BCUT2D eigenvalue weighted by molar-refractivity contribution is -0.200. The maximum atomic E-state index is 6.32. The van der Waals surface area contributed by atoms with Gasteiger partial charge in [-0.25, -0.2) is 0 Å². The number of morpholine rings is 1. The summed E-state index contributed by atoms with van der Waals surface area (Å²) in [5, 5.41) is 0. The Morgan fingerprint density at radius 1 is 1.05 bits per heavy atom. The minimum atomic E-state index is -0.0830. The minimum Gasteiger partial charge on any atom is -0.367 e. The quantitative estimate of drug-likeness (QED) is 0.809. The molecule has 3 heteroatoms. The Balaban J connectivity index is 2.19. The monoisotopic (exact) mass is 296 g/mol. The van der Waals surface area contributed by atoms with Crippen LogP contribution in [0.5, 0.6) is 0 Å². The Labute approximate surface area is 131 Å². The summed E-state index contributed by atoms with van der Waals surface area (Å²) in [6, 6.07) is 0. The molecule has 0 aromatic carbocycles. The predicted octanol–water partition coefficient (Wildman–Crippen LogP) is 3.56. The lowest BCUT2D eigenvalue weighted by Crippen LogP contribution is -2.66. The van der Waals surface area contributed by atoms with Gasteiger partial charge < -0.3 is 10.5 Å². The van der Waals surface area contributed by atoms with Crippen molar-refractivity contribution in [3.8, 4) is 0 Å². The van der Waals surface area contributed by atoms with Crippen LogP contribution in [0.1, 0.15) is 73.1 Å². The average Bonchev–Trinajstić information content (AvgIpc) is 2.57. The third-order valence-electron chi connectivity index (χ3n) is 5.60. The smallest absolute Gasteiger partial charge is 0.0761 e. The molecule has 0 radical (unpaired) electrons. The van der Waals surface area contributed by atoms with Crippen LogP contribution in [0.4, 0.5) is 0 Å². The van der Waals surface area contributed by atoms with E-state index in [-0.39, 0.29) is 16.7 Å². The second-order valence-corrected chi connectivity index (χ2v) is 8.61. The first-order chi connectivity index (χ1) is 9.72. The van der Waals surface area contributed by atoms with Gasteiger partial charge in [0, 0.05) is 25.2 Å². The molecule has 124 valence electrons. The van der Waals surface area contributed by atoms with Crippen molar-refractivity contribution in [2.24, 2.45) is 11.7 Å². The van der Waals surface area contributed by atoms with Gasteiger partial charge in [-0.05, 0) is 52.9 Å². The molecule has 1 aliphatic carbocycles. The number of nitrogens with zero attached hydrogens (tertiary/aromatic N) is 1. The van der Waals surface area contributed by atoms with Crippen LogP contribution in [0.2, 0.25) is 0 Å². The van der Waals surface area contributed by atoms with Gasteiger partial charge in [0.2, 0.25) is 0 Å². The molecule has 0 aromatic heterocycles. The van der Waals surface area contributed by atoms with Gasteiger partial charge in [-0.2, -0.15) is 0 Å². The molecule has 1 aliphatic heterocycles. The maximum Gasteiger partial charge on any atom is 0.0761 e. The number of nitrogens with two attached hydrogens (primary N) is 1. The van der Waals surface area contributed by atoms with Gasteiger partial charge in [0.15, 0.2) is 0 Å². The fourth-order valence-corrected chi connectivity index (χ4v) is 4.64. The molecule has 2 rings (SSSR count). The van der Waals surface area contributed by atoms with Crippen molar-refractivity contribution in [3.05, 3.63) is 0 Å². The Hall–Kier alpha value is -0.120. The molecule has 1 saturated heterocycles. The van der Waals surface area contributed by atoms with Gasteiger partial charge in [-0.3, -0.25) is 4.90 Å². The molecule has 2 atom stereocenters. The normalized spacial score (nSPS) is 37.1. The highest BCUT2D eigenvalue weighted by Crippen LogP contribution is 2.40. The Morgan fingerprint density at radius 2 is 1.67 bits per heavy atom. The Bertz CT molecular complexity index is 337. The first-order valence-corrected chi connectivity index (χ1v) is 8.87. The van der Waals surface area contributed by atoms with Crippen molar-refractivity contribution in [3.63, 3.8) is 0 Å². The van der Waals surface area contributed by atoms with Gasteiger partial charge in [-0.1, -0.05) is 26.2 Å². The van der Waals surface area contributed by atoms with Crippen LogP contribution >= 0.6 is 0 Å². The van der Waals surface area contributed by atoms with E-state index in [0.29, 0.717) is 0 Å². The summed E-state index contributed by atoms with van der Waals surface area (Å²) in [5.41, 5.74) is 6.35. The van der Waals surface area contributed by atoms with E-state index in [4.69, 9.17) is 10.5 Å². The zero-order chi connectivity index (χ0) is 15.7. The minimum absolute atomic E-state index is 0.0830. The zero-order valence-corrected chi connectivity index (χ0v) is 14.9. The summed E-state index contributed by atoms with van der Waals surface area (Å²) in [7, 11) is 0. The van der Waals surface area contributed by atoms with E-state index in [1.807, 2.05) is 0 Å². The van der Waals surface area contributed by atoms with Gasteiger partial charge in [0.1, 0.15) is 0 Å². The molecule has 0 aromatic rings. The third-order valence-corrected chi connectivity index (χ3v) is 5.60. The SMILES string of the molecule is CCC1CCCC(CN)(N2CC(C)(C)OC(C)(C)C2)CC1. The summed E-state index contributed by atoms with van der Waals surface area (Å²) in [6.07, 6.45) is 7.89. The van der Waals surface area contributed by atoms with E-state index in [2.05, 4.69) is 39.5 Å². The highest BCUT2D eigenvalue weighted by atomic mass is 16.5. The first kappa shape index (κ1) is 17.2. The molecule has 1 heterocycles. The number of ether oxygens (including phenoxy) is 1. The lowest BCUT2D eigenvalue weighted by atomic mass is 9.84. The van der Waals surface area contributed by atoms with Gasteiger partial charge in [-0.15, -0.1) is 0 Å². The van der Waals surface area contributed by atoms with E-state index >= 15 is 0 Å². The number of hydrogen-bond acceptors (Lipinski definition) is 3. The predicted molar refractivity (Wildman–Crippen MR) is 89.5 cm³/mol. The lowest BCUT2D eigenvalue weighted by Gasteiger charge is -2.54. The molecule has 0 bridgehead atoms. The van der Waals surface area contributed by atoms with E-state index in [9.17, 15) is 0 Å². The van der Waals surface area contributed by atoms with Crippen LogP contribution in [-0.4, -0.2) is 41.3 Å². The fraction of sp³-hybridized carbons (Fsp3) is 1.00. The van der Waals surface area contributed by atoms with Gasteiger partial charge in [0.05, 0.1) is 11.2 Å². The van der Waals surface area contributed by atoms with Crippen molar-refractivity contribution in [1.82, 2.24) is 4.90 Å². The Kier molecular flexibility index (Phi) is 5.07. The van der Waals surface area contributed by atoms with E-state index in [1.165, 1.54) is 38.5 Å². The summed E-state index contributed by atoms with van der Waals surface area (Å²) in [5.74, 6) is 0.903. The largest absolute Gasteiger partial charge is 0.367 e. The summed E-state index contributed by atoms with van der Waals surface area (Å²) < 4.78 is 6.26. The van der Waals surface area contributed by atoms with Crippen LogP contribution in [-0.2, 0) is 4.74 Å². The first-order valence-electron chi connectivity index (χ1n) is 8.87. The van der Waals surface area contributed by atoms with Crippen molar-refractivity contribution in [2.75, 3.05) is 19.6 Å². The fourth-order valence-electron chi connectivity index (χ4n) is 4.64. The van der Waals surface area contributed by atoms with Crippen LogP contribution < -0.4 is 5.73 Å². The molecule has 2 fully saturated rings. The van der Waals surface area contributed by atoms with Gasteiger partial charge >= 0.3 is 0 Å². The molecule has 0 amide bonds. The van der Waals surface area contributed by atoms with Crippen molar-refractivity contribution < 1.29 is 4.74 Å². The van der Waals surface area contributed by atoms with E-state index in [0.717, 1.165) is 25.6 Å². The molecule has 1 saturated carbocycles. The zero-order valence-electron chi connectivity index (χ0n) is 14.9. The second-order valence-electron chi connectivity index (χ2n) is 8.61. The van der Waals surface area contributed by atoms with E-state index in [1.54, 1.807) is 0 Å². The third kappa shape index (κ3) is 4.00. The molecule has 2 N–H and O–H groups in total. The van der Waals surface area contributed by atoms with Crippen LogP contribution in [0.3, 0.4) is 0 Å². The Morgan fingerprint density at radius 3 is 2.19 bits per heavy atom. The topological polar surface area (TPSA) is 38.5 Å². The van der Waals surface area contributed by atoms with Gasteiger partial charge in [0.25, 0.3) is 0 Å². The highest BCUT2D eigenvalue weighted by molar-refractivity contribution is 5.01. The maximum absolute atomic E-state index is 6.32. The highest BCUT2D eigenvalue weighted by Gasteiger charge is 2.46. The molecule has 3 nitrogen and oxygen atoms in total. The second kappa shape index (κ2) is 6.17. The summed E-state index contributed by atoms with van der Waals surface area (Å²) in [4.78, 5) is 2.68. The molecule has 0 spiro atoms. The summed E-state index contributed by atoms with van der Waals surface area (Å²) >= 11 is 0. The van der Waals surface area contributed by atoms with Crippen LogP contribution in [0.25, 0.3) is 0 Å².